The van der Waals surface area contributed by atoms with Gasteiger partial charge in [0, 0.05) is 26.1 Å². The van der Waals surface area contributed by atoms with Crippen LogP contribution in [0.4, 0.5) is 0 Å². The summed E-state index contributed by atoms with van der Waals surface area (Å²) >= 11 is 0. The second-order valence-electron chi connectivity index (χ2n) is 7.80. The maximum absolute atomic E-state index is 12.6. The normalized spacial score (nSPS) is 18.9. The second kappa shape index (κ2) is 7.05. The zero-order valence-electron chi connectivity index (χ0n) is 16.2. The molecule has 2 aromatic rings. The number of benzene rings is 1. The molecule has 0 aliphatic carbocycles. The van der Waals surface area contributed by atoms with E-state index in [0.717, 1.165) is 23.6 Å². The van der Waals surface area contributed by atoms with E-state index in [-0.39, 0.29) is 24.4 Å². The first-order valence-corrected chi connectivity index (χ1v) is 9.93. The molecule has 30 heavy (non-hydrogen) atoms. The number of carbonyl (C=O) groups excluding carboxylic acids is 4. The van der Waals surface area contributed by atoms with Crippen LogP contribution in [0.1, 0.15) is 45.3 Å². The Morgan fingerprint density at radius 3 is 2.40 bits per heavy atom. The molecule has 10 nitrogen and oxygen atoms in total. The average Bonchev–Trinajstić information content (AvgIpc) is 3.38. The number of aromatic nitrogens is 3. The van der Waals surface area contributed by atoms with Crippen molar-refractivity contribution in [2.45, 2.75) is 25.4 Å². The van der Waals surface area contributed by atoms with Crippen LogP contribution >= 0.6 is 0 Å². The van der Waals surface area contributed by atoms with Gasteiger partial charge in [-0.2, -0.15) is 0 Å². The van der Waals surface area contributed by atoms with E-state index in [1.54, 1.807) is 38.7 Å². The molecular formula is C20H20N6O4. The van der Waals surface area contributed by atoms with Crippen LogP contribution in [-0.4, -0.2) is 79.5 Å². The highest BCUT2D eigenvalue weighted by Gasteiger charge is 2.39. The lowest BCUT2D eigenvalue weighted by Gasteiger charge is -2.39. The van der Waals surface area contributed by atoms with Gasteiger partial charge in [-0.15, -0.1) is 5.10 Å². The maximum Gasteiger partial charge on any atom is 0.262 e. The van der Waals surface area contributed by atoms with Gasteiger partial charge in [0.25, 0.3) is 11.8 Å². The van der Waals surface area contributed by atoms with Crippen molar-refractivity contribution in [1.29, 1.82) is 0 Å². The Kier molecular flexibility index (Phi) is 4.34. The van der Waals surface area contributed by atoms with Gasteiger partial charge in [-0.05, 0) is 18.6 Å². The van der Waals surface area contributed by atoms with E-state index in [1.807, 2.05) is 6.20 Å². The van der Waals surface area contributed by atoms with Gasteiger partial charge in [0.2, 0.25) is 11.8 Å². The fourth-order valence-electron chi connectivity index (χ4n) is 4.08. The van der Waals surface area contributed by atoms with Crippen molar-refractivity contribution in [3.8, 4) is 0 Å². The third-order valence-corrected chi connectivity index (χ3v) is 5.84. The highest BCUT2D eigenvalue weighted by Crippen LogP contribution is 2.25. The van der Waals surface area contributed by atoms with E-state index < -0.39 is 11.8 Å². The summed E-state index contributed by atoms with van der Waals surface area (Å²) in [5, 5.41) is 8.26. The second-order valence-corrected chi connectivity index (χ2v) is 7.80. The molecular weight excluding hydrogens is 388 g/mol. The topological polar surface area (TPSA) is 109 Å². The summed E-state index contributed by atoms with van der Waals surface area (Å²) < 4.78 is 1.71. The predicted molar refractivity (Wildman–Crippen MR) is 102 cm³/mol. The number of hydrogen-bond donors (Lipinski definition) is 0. The van der Waals surface area contributed by atoms with E-state index in [0.29, 0.717) is 37.2 Å². The number of fused-ring (bicyclic) bond motifs is 1. The molecule has 0 bridgehead atoms. The number of amides is 4. The van der Waals surface area contributed by atoms with Crippen molar-refractivity contribution in [3.05, 3.63) is 47.3 Å². The molecule has 0 atom stereocenters. The van der Waals surface area contributed by atoms with Crippen LogP contribution in [-0.2, 0) is 16.1 Å². The smallest absolute Gasteiger partial charge is 0.262 e. The first-order chi connectivity index (χ1) is 14.5. The molecule has 2 fully saturated rings. The molecule has 5 rings (SSSR count). The van der Waals surface area contributed by atoms with E-state index in [9.17, 15) is 19.2 Å². The summed E-state index contributed by atoms with van der Waals surface area (Å²) in [4.78, 5) is 53.5. The van der Waals surface area contributed by atoms with Crippen molar-refractivity contribution in [2.75, 3.05) is 26.2 Å². The summed E-state index contributed by atoms with van der Waals surface area (Å²) in [6.45, 7) is 1.81. The van der Waals surface area contributed by atoms with Gasteiger partial charge in [-0.1, -0.05) is 17.3 Å². The van der Waals surface area contributed by atoms with Crippen LogP contribution in [0.5, 0.6) is 0 Å². The van der Waals surface area contributed by atoms with Gasteiger partial charge in [-0.25, -0.2) is 4.68 Å². The van der Waals surface area contributed by atoms with E-state index in [1.165, 1.54) is 0 Å². The summed E-state index contributed by atoms with van der Waals surface area (Å²) in [5.74, 6) is -1.00. The Labute approximate surface area is 172 Å². The predicted octanol–water partition coefficient (Wildman–Crippen LogP) is 0.0800. The minimum atomic E-state index is -0.432. The maximum atomic E-state index is 12.6. The van der Waals surface area contributed by atoms with Crippen LogP contribution in [0.15, 0.2) is 30.5 Å². The van der Waals surface area contributed by atoms with Crippen molar-refractivity contribution in [2.24, 2.45) is 0 Å². The standard InChI is InChI=1S/C20H20N6O4/c27-17-6-3-7-23(17)8-13-9-26(22-21-13)14-10-24(11-14)18(28)12-25-19(29)15-4-1-2-5-16(15)20(25)30/h1-2,4-5,9,14H,3,6-8,10-12H2. The van der Waals surface area contributed by atoms with E-state index in [2.05, 4.69) is 10.3 Å². The summed E-state index contributed by atoms with van der Waals surface area (Å²) in [6, 6.07) is 6.57. The average molecular weight is 408 g/mol. The van der Waals surface area contributed by atoms with Crippen molar-refractivity contribution >= 4 is 23.6 Å². The number of hydrogen-bond acceptors (Lipinski definition) is 6. The van der Waals surface area contributed by atoms with Gasteiger partial charge < -0.3 is 9.80 Å². The number of rotatable bonds is 5. The number of imide groups is 1. The van der Waals surface area contributed by atoms with Crippen LogP contribution in [0, 0.1) is 0 Å². The molecule has 0 spiro atoms. The molecule has 0 radical (unpaired) electrons. The van der Waals surface area contributed by atoms with Crippen molar-refractivity contribution < 1.29 is 19.2 Å². The van der Waals surface area contributed by atoms with Crippen LogP contribution in [0.25, 0.3) is 0 Å². The lowest BCUT2D eigenvalue weighted by molar-refractivity contribution is -0.137. The SMILES string of the molecule is O=C1CCCN1Cc1cn(C2CN(C(=O)CN3C(=O)c4ccccc4C3=O)C2)nn1. The lowest BCUT2D eigenvalue weighted by atomic mass is 10.1. The zero-order valence-corrected chi connectivity index (χ0v) is 16.2. The quantitative estimate of drug-likeness (QED) is 0.649. The molecule has 1 aromatic carbocycles. The van der Waals surface area contributed by atoms with Gasteiger partial charge >= 0.3 is 0 Å². The fraction of sp³-hybridized carbons (Fsp3) is 0.400. The first kappa shape index (κ1) is 18.5. The monoisotopic (exact) mass is 408 g/mol. The van der Waals surface area contributed by atoms with Crippen LogP contribution < -0.4 is 0 Å². The Morgan fingerprint density at radius 2 is 1.77 bits per heavy atom. The minimum Gasteiger partial charge on any atom is -0.337 e. The Morgan fingerprint density at radius 1 is 1.07 bits per heavy atom. The molecule has 3 aliphatic rings. The van der Waals surface area contributed by atoms with Crippen molar-refractivity contribution in [1.82, 2.24) is 29.7 Å². The van der Waals surface area contributed by atoms with E-state index in [4.69, 9.17) is 0 Å². The van der Waals surface area contributed by atoms with Gasteiger partial charge in [0.1, 0.15) is 12.2 Å². The zero-order chi connectivity index (χ0) is 20.8. The number of nitrogens with zero attached hydrogens (tertiary/aromatic N) is 6. The van der Waals surface area contributed by atoms with Crippen LogP contribution in [0.3, 0.4) is 0 Å². The fourth-order valence-corrected chi connectivity index (χ4v) is 4.08. The molecule has 0 saturated carbocycles. The molecule has 0 unspecified atom stereocenters. The van der Waals surface area contributed by atoms with E-state index >= 15 is 0 Å². The largest absolute Gasteiger partial charge is 0.337 e. The Balaban J connectivity index is 1.16. The molecule has 4 heterocycles. The highest BCUT2D eigenvalue weighted by atomic mass is 16.2. The van der Waals surface area contributed by atoms with Crippen molar-refractivity contribution in [3.63, 3.8) is 0 Å². The minimum absolute atomic E-state index is 0.00772. The molecule has 2 saturated heterocycles. The molecule has 4 amide bonds. The summed E-state index contributed by atoms with van der Waals surface area (Å²) in [7, 11) is 0. The Hall–Kier alpha value is -3.56. The van der Waals surface area contributed by atoms with Gasteiger partial charge in [0.15, 0.2) is 0 Å². The molecule has 10 heteroatoms. The summed E-state index contributed by atoms with van der Waals surface area (Å²) in [5.41, 5.74) is 1.40. The first-order valence-electron chi connectivity index (χ1n) is 9.93. The number of carbonyl (C=O) groups is 4. The molecule has 0 N–H and O–H groups in total. The van der Waals surface area contributed by atoms with Gasteiger partial charge in [0.05, 0.1) is 29.9 Å². The third-order valence-electron chi connectivity index (χ3n) is 5.84. The molecule has 3 aliphatic heterocycles. The Bertz CT molecular complexity index is 1020. The third kappa shape index (κ3) is 3.04. The number of likely N-dealkylation sites (tertiary alicyclic amines) is 2. The molecule has 1 aromatic heterocycles. The highest BCUT2D eigenvalue weighted by molar-refractivity contribution is 6.22. The lowest BCUT2D eigenvalue weighted by Crippen LogP contribution is -2.54. The van der Waals surface area contributed by atoms with Crippen LogP contribution in [0.2, 0.25) is 0 Å². The summed E-state index contributed by atoms with van der Waals surface area (Å²) in [6.07, 6.45) is 3.27. The molecule has 154 valence electrons. The van der Waals surface area contributed by atoms with Gasteiger partial charge in [-0.3, -0.25) is 24.1 Å².